The Balaban J connectivity index is 2.60. The fourth-order valence-electron chi connectivity index (χ4n) is 1.10. The van der Waals surface area contributed by atoms with E-state index in [0.717, 1.165) is 15.8 Å². The van der Waals surface area contributed by atoms with Crippen LogP contribution in [0.5, 0.6) is 0 Å². The molecular weight excluding hydrogens is 170 g/mol. The molecule has 0 radical (unpaired) electrons. The monoisotopic (exact) mass is 179 g/mol. The molecule has 2 aromatic rings. The van der Waals surface area contributed by atoms with E-state index in [1.54, 1.807) is 24.5 Å². The van der Waals surface area contributed by atoms with Gasteiger partial charge in [-0.1, -0.05) is 0 Å². The second kappa shape index (κ2) is 2.84. The number of hydrogen-bond donors (Lipinski definition) is 1. The lowest BCUT2D eigenvalue weighted by Crippen LogP contribution is -1.90. The summed E-state index contributed by atoms with van der Waals surface area (Å²) >= 11 is 1.61. The number of pyridine rings is 1. The van der Waals surface area contributed by atoms with Crippen LogP contribution in [-0.4, -0.2) is 10.1 Å². The Hall–Kier alpha value is -0.930. The number of nitrogens with zero attached hydrogens (tertiary/aromatic N) is 1. The van der Waals surface area contributed by atoms with Gasteiger partial charge in [0.15, 0.2) is 0 Å². The molecule has 0 saturated carbocycles. The van der Waals surface area contributed by atoms with Crippen LogP contribution in [0.2, 0.25) is 0 Å². The van der Waals surface area contributed by atoms with Gasteiger partial charge >= 0.3 is 0 Å². The first-order valence-electron chi connectivity index (χ1n) is 3.78. The maximum atomic E-state index is 9.28. The van der Waals surface area contributed by atoms with Gasteiger partial charge < -0.3 is 5.11 Å². The van der Waals surface area contributed by atoms with Gasteiger partial charge in [0.25, 0.3) is 0 Å². The Labute approximate surface area is 74.5 Å². The van der Waals surface area contributed by atoms with Crippen LogP contribution < -0.4 is 0 Å². The molecule has 2 nitrogen and oxygen atoms in total. The third kappa shape index (κ3) is 1.21. The average molecular weight is 179 g/mol. The number of rotatable bonds is 1. The van der Waals surface area contributed by atoms with E-state index in [1.807, 2.05) is 17.5 Å². The zero-order valence-electron chi connectivity index (χ0n) is 6.69. The van der Waals surface area contributed by atoms with Gasteiger partial charge in [0, 0.05) is 11.6 Å². The van der Waals surface area contributed by atoms with Gasteiger partial charge in [0.1, 0.15) is 4.83 Å². The van der Waals surface area contributed by atoms with Crippen molar-refractivity contribution >= 4 is 21.6 Å². The van der Waals surface area contributed by atoms with Crippen LogP contribution in [0, 0.1) is 0 Å². The maximum absolute atomic E-state index is 9.28. The molecule has 2 heterocycles. The number of aliphatic hydroxyl groups excluding tert-OH is 1. The topological polar surface area (TPSA) is 33.1 Å². The Morgan fingerprint density at radius 2 is 2.42 bits per heavy atom. The van der Waals surface area contributed by atoms with E-state index in [0.29, 0.717) is 0 Å². The van der Waals surface area contributed by atoms with Crippen molar-refractivity contribution < 1.29 is 5.11 Å². The van der Waals surface area contributed by atoms with Crippen LogP contribution in [0.1, 0.15) is 18.6 Å². The molecule has 0 bridgehead atoms. The highest BCUT2D eigenvalue weighted by Crippen LogP contribution is 2.21. The molecule has 0 fully saturated rings. The fraction of sp³-hybridized carbons (Fsp3) is 0.222. The van der Waals surface area contributed by atoms with Crippen molar-refractivity contribution in [2.75, 3.05) is 0 Å². The van der Waals surface area contributed by atoms with E-state index in [2.05, 4.69) is 4.98 Å². The summed E-state index contributed by atoms with van der Waals surface area (Å²) in [6.45, 7) is 1.75. The van der Waals surface area contributed by atoms with Gasteiger partial charge in [0.05, 0.1) is 6.10 Å². The zero-order valence-corrected chi connectivity index (χ0v) is 7.51. The SMILES string of the molecule is CC(O)c1cnc2sccc2c1. The van der Waals surface area contributed by atoms with E-state index in [9.17, 15) is 5.11 Å². The van der Waals surface area contributed by atoms with Crippen molar-refractivity contribution in [2.45, 2.75) is 13.0 Å². The second-order valence-electron chi connectivity index (χ2n) is 2.76. The van der Waals surface area contributed by atoms with Gasteiger partial charge in [-0.25, -0.2) is 4.98 Å². The van der Waals surface area contributed by atoms with Gasteiger partial charge in [-0.3, -0.25) is 0 Å². The molecule has 3 heteroatoms. The zero-order chi connectivity index (χ0) is 8.55. The molecule has 0 aliphatic carbocycles. The quantitative estimate of drug-likeness (QED) is 0.729. The van der Waals surface area contributed by atoms with Crippen LogP contribution >= 0.6 is 11.3 Å². The Morgan fingerprint density at radius 3 is 3.17 bits per heavy atom. The van der Waals surface area contributed by atoms with Crippen molar-refractivity contribution in [3.8, 4) is 0 Å². The van der Waals surface area contributed by atoms with Gasteiger partial charge in [-0.15, -0.1) is 11.3 Å². The summed E-state index contributed by atoms with van der Waals surface area (Å²) in [6, 6.07) is 3.99. The molecule has 12 heavy (non-hydrogen) atoms. The lowest BCUT2D eigenvalue weighted by Gasteiger charge is -2.02. The van der Waals surface area contributed by atoms with E-state index in [-0.39, 0.29) is 0 Å². The molecule has 0 saturated heterocycles. The van der Waals surface area contributed by atoms with E-state index < -0.39 is 6.10 Å². The Morgan fingerprint density at radius 1 is 1.58 bits per heavy atom. The first-order chi connectivity index (χ1) is 5.77. The minimum absolute atomic E-state index is 0.429. The van der Waals surface area contributed by atoms with Crippen molar-refractivity contribution in [2.24, 2.45) is 0 Å². The number of fused-ring (bicyclic) bond motifs is 1. The number of aromatic nitrogens is 1. The van der Waals surface area contributed by atoms with E-state index in [1.165, 1.54) is 0 Å². The van der Waals surface area contributed by atoms with Crippen molar-refractivity contribution in [1.29, 1.82) is 0 Å². The van der Waals surface area contributed by atoms with Gasteiger partial charge in [-0.2, -0.15) is 0 Å². The summed E-state index contributed by atoms with van der Waals surface area (Å²) in [5.41, 5.74) is 0.876. The third-order valence-electron chi connectivity index (χ3n) is 1.81. The largest absolute Gasteiger partial charge is 0.389 e. The lowest BCUT2D eigenvalue weighted by atomic mass is 10.1. The van der Waals surface area contributed by atoms with Gasteiger partial charge in [-0.05, 0) is 30.0 Å². The molecule has 1 N–H and O–H groups in total. The highest BCUT2D eigenvalue weighted by molar-refractivity contribution is 7.16. The molecule has 2 rings (SSSR count). The predicted octanol–water partition coefficient (Wildman–Crippen LogP) is 2.35. The summed E-state index contributed by atoms with van der Waals surface area (Å²) < 4.78 is 0. The second-order valence-corrected chi connectivity index (χ2v) is 3.65. The number of aliphatic hydroxyl groups is 1. The molecule has 0 aliphatic rings. The molecule has 1 atom stereocenters. The average Bonchev–Trinajstić information content (AvgIpc) is 2.49. The maximum Gasteiger partial charge on any atom is 0.123 e. The van der Waals surface area contributed by atoms with Crippen LogP contribution in [0.4, 0.5) is 0 Å². The molecule has 0 aromatic carbocycles. The highest BCUT2D eigenvalue weighted by atomic mass is 32.1. The smallest absolute Gasteiger partial charge is 0.123 e. The summed E-state index contributed by atoms with van der Waals surface area (Å²) in [4.78, 5) is 5.25. The normalized spacial score (nSPS) is 13.5. The lowest BCUT2D eigenvalue weighted by molar-refractivity contribution is 0.199. The molecular formula is C9H9NOS. The highest BCUT2D eigenvalue weighted by Gasteiger charge is 2.02. The molecule has 0 aliphatic heterocycles. The van der Waals surface area contributed by atoms with Crippen LogP contribution in [0.3, 0.4) is 0 Å². The fourth-order valence-corrected chi connectivity index (χ4v) is 1.82. The summed E-state index contributed by atoms with van der Waals surface area (Å²) in [7, 11) is 0. The van der Waals surface area contributed by atoms with Crippen molar-refractivity contribution in [1.82, 2.24) is 4.98 Å². The summed E-state index contributed by atoms with van der Waals surface area (Å²) in [5, 5.41) is 12.4. The molecule has 1 unspecified atom stereocenters. The third-order valence-corrected chi connectivity index (χ3v) is 2.65. The van der Waals surface area contributed by atoms with Crippen LogP contribution in [0.25, 0.3) is 10.2 Å². The molecule has 0 amide bonds. The summed E-state index contributed by atoms with van der Waals surface area (Å²) in [6.07, 6.45) is 1.30. The minimum Gasteiger partial charge on any atom is -0.389 e. The van der Waals surface area contributed by atoms with Gasteiger partial charge in [0.2, 0.25) is 0 Å². The van der Waals surface area contributed by atoms with E-state index >= 15 is 0 Å². The molecule has 62 valence electrons. The first-order valence-corrected chi connectivity index (χ1v) is 4.66. The van der Waals surface area contributed by atoms with Crippen molar-refractivity contribution in [3.63, 3.8) is 0 Å². The Bertz CT molecular complexity index is 394. The Kier molecular flexibility index (Phi) is 1.83. The summed E-state index contributed by atoms with van der Waals surface area (Å²) in [5.74, 6) is 0. The number of hydrogen-bond acceptors (Lipinski definition) is 3. The standard InChI is InChI=1S/C9H9NOS/c1-6(11)8-4-7-2-3-12-9(7)10-5-8/h2-6,11H,1H3. The molecule has 0 spiro atoms. The minimum atomic E-state index is -0.429. The van der Waals surface area contributed by atoms with Crippen LogP contribution in [0.15, 0.2) is 23.7 Å². The molecule has 2 aromatic heterocycles. The van der Waals surface area contributed by atoms with Crippen LogP contribution in [-0.2, 0) is 0 Å². The first kappa shape index (κ1) is 7.71. The predicted molar refractivity (Wildman–Crippen MR) is 50.3 cm³/mol. The number of thiophene rings is 1. The van der Waals surface area contributed by atoms with Crippen molar-refractivity contribution in [3.05, 3.63) is 29.3 Å². The van der Waals surface area contributed by atoms with E-state index in [4.69, 9.17) is 0 Å².